The first-order valence-electron chi connectivity index (χ1n) is 7.37. The van der Waals surface area contributed by atoms with E-state index in [9.17, 15) is 4.79 Å². The Bertz CT molecular complexity index is 827. The summed E-state index contributed by atoms with van der Waals surface area (Å²) in [6.07, 6.45) is 3.58. The van der Waals surface area contributed by atoms with Gasteiger partial charge >= 0.3 is 0 Å². The number of aromatic nitrogens is 4. The molecule has 3 aromatic heterocycles. The van der Waals surface area contributed by atoms with Crippen LogP contribution in [-0.2, 0) is 20.1 Å². The molecule has 0 radical (unpaired) electrons. The molecule has 7 nitrogen and oxygen atoms in total. The predicted molar refractivity (Wildman–Crippen MR) is 83.9 cm³/mol. The number of rotatable bonds is 5. The summed E-state index contributed by atoms with van der Waals surface area (Å²) in [4.78, 5) is 12.1. The van der Waals surface area contributed by atoms with Gasteiger partial charge in [0.1, 0.15) is 5.76 Å². The first-order valence-corrected chi connectivity index (χ1v) is 7.37. The summed E-state index contributed by atoms with van der Waals surface area (Å²) in [5, 5.41) is 11.3. The highest BCUT2D eigenvalue weighted by molar-refractivity contribution is 5.91. The third-order valence-corrected chi connectivity index (χ3v) is 3.51. The average Bonchev–Trinajstić information content (AvgIpc) is 3.19. The maximum atomic E-state index is 12.1. The number of hydrogen-bond donors (Lipinski definition) is 1. The van der Waals surface area contributed by atoms with Gasteiger partial charge in [0.25, 0.3) is 5.91 Å². The highest BCUT2D eigenvalue weighted by atomic mass is 16.4. The van der Waals surface area contributed by atoms with Crippen LogP contribution in [0.1, 0.15) is 33.3 Å². The van der Waals surface area contributed by atoms with Crippen LogP contribution < -0.4 is 5.32 Å². The number of nitrogens with zero attached hydrogens (tertiary/aromatic N) is 4. The first kappa shape index (κ1) is 15.1. The van der Waals surface area contributed by atoms with Gasteiger partial charge in [-0.05, 0) is 32.0 Å². The molecule has 3 aromatic rings. The van der Waals surface area contributed by atoms with Crippen LogP contribution in [-0.4, -0.2) is 25.5 Å². The van der Waals surface area contributed by atoms with E-state index in [1.807, 2.05) is 37.8 Å². The summed E-state index contributed by atoms with van der Waals surface area (Å²) in [5.41, 5.74) is 2.96. The van der Waals surface area contributed by atoms with Crippen molar-refractivity contribution in [1.29, 1.82) is 0 Å². The van der Waals surface area contributed by atoms with Gasteiger partial charge in [-0.3, -0.25) is 14.2 Å². The van der Waals surface area contributed by atoms with E-state index in [2.05, 4.69) is 15.5 Å². The summed E-state index contributed by atoms with van der Waals surface area (Å²) in [6.45, 7) is 4.86. The molecule has 120 valence electrons. The molecular formula is C16H19N5O2. The Morgan fingerprint density at radius 2 is 2.17 bits per heavy atom. The Morgan fingerprint density at radius 1 is 1.35 bits per heavy atom. The summed E-state index contributed by atoms with van der Waals surface area (Å²) in [6, 6.07) is 5.49. The molecule has 0 saturated carbocycles. The van der Waals surface area contributed by atoms with Gasteiger partial charge in [-0.25, -0.2) is 0 Å². The van der Waals surface area contributed by atoms with E-state index in [-0.39, 0.29) is 5.91 Å². The van der Waals surface area contributed by atoms with Crippen LogP contribution in [0, 0.1) is 13.8 Å². The second-order valence-electron chi connectivity index (χ2n) is 5.56. The molecule has 3 rings (SSSR count). The number of hydrogen-bond acceptors (Lipinski definition) is 4. The van der Waals surface area contributed by atoms with Crippen molar-refractivity contribution in [2.24, 2.45) is 7.05 Å². The fourth-order valence-corrected chi connectivity index (χ4v) is 2.40. The van der Waals surface area contributed by atoms with Crippen molar-refractivity contribution < 1.29 is 9.21 Å². The average molecular weight is 313 g/mol. The van der Waals surface area contributed by atoms with Crippen LogP contribution in [0.4, 0.5) is 0 Å². The Balaban J connectivity index is 1.62. The Hall–Kier alpha value is -2.83. The van der Waals surface area contributed by atoms with Gasteiger partial charge in [-0.1, -0.05) is 0 Å². The fraction of sp³-hybridized carbons (Fsp3) is 0.312. The van der Waals surface area contributed by atoms with E-state index < -0.39 is 0 Å². The molecule has 3 heterocycles. The van der Waals surface area contributed by atoms with Crippen LogP contribution in [0.15, 0.2) is 35.0 Å². The van der Waals surface area contributed by atoms with Gasteiger partial charge < -0.3 is 9.73 Å². The second-order valence-corrected chi connectivity index (χ2v) is 5.56. The topological polar surface area (TPSA) is 77.9 Å². The lowest BCUT2D eigenvalue weighted by molar-refractivity contribution is 0.0921. The van der Waals surface area contributed by atoms with E-state index in [0.29, 0.717) is 24.6 Å². The summed E-state index contributed by atoms with van der Waals surface area (Å²) < 4.78 is 9.16. The second kappa shape index (κ2) is 6.12. The zero-order chi connectivity index (χ0) is 16.4. The maximum absolute atomic E-state index is 12.1. The van der Waals surface area contributed by atoms with Gasteiger partial charge in [0.05, 0.1) is 18.4 Å². The van der Waals surface area contributed by atoms with E-state index in [4.69, 9.17) is 4.42 Å². The van der Waals surface area contributed by atoms with Crippen LogP contribution in [0.25, 0.3) is 0 Å². The highest BCUT2D eigenvalue weighted by Gasteiger charge is 2.12. The van der Waals surface area contributed by atoms with Crippen LogP contribution >= 0.6 is 0 Å². The minimum absolute atomic E-state index is 0.242. The number of amides is 1. The van der Waals surface area contributed by atoms with E-state index in [0.717, 1.165) is 17.0 Å². The zero-order valence-corrected chi connectivity index (χ0v) is 13.4. The molecule has 0 fully saturated rings. The minimum Gasteiger partial charge on any atom is -0.454 e. The largest absolute Gasteiger partial charge is 0.454 e. The third-order valence-electron chi connectivity index (χ3n) is 3.51. The molecule has 0 aliphatic carbocycles. The van der Waals surface area contributed by atoms with Gasteiger partial charge in [-0.2, -0.15) is 10.2 Å². The molecule has 0 unspecified atom stereocenters. The SMILES string of the molecule is Cc1cc(C)n(Cc2ccc(C(=O)NCc3cnn(C)c3)o2)n1. The van der Waals surface area contributed by atoms with Crippen molar-refractivity contribution in [3.8, 4) is 0 Å². The number of carbonyl (C=O) groups excluding carboxylic acids is 1. The van der Waals surface area contributed by atoms with Gasteiger partial charge in [0, 0.05) is 31.0 Å². The molecular weight excluding hydrogens is 294 g/mol. The predicted octanol–water partition coefficient (Wildman–Crippen LogP) is 1.80. The van der Waals surface area contributed by atoms with Crippen molar-refractivity contribution >= 4 is 5.91 Å². The molecule has 0 spiro atoms. The molecule has 0 atom stereocenters. The summed E-state index contributed by atoms with van der Waals surface area (Å²) in [5.74, 6) is 0.752. The minimum atomic E-state index is -0.242. The number of carbonyl (C=O) groups is 1. The monoisotopic (exact) mass is 313 g/mol. The fourth-order valence-electron chi connectivity index (χ4n) is 2.40. The molecule has 0 aromatic carbocycles. The molecule has 1 N–H and O–H groups in total. The lowest BCUT2D eigenvalue weighted by Crippen LogP contribution is -2.22. The molecule has 23 heavy (non-hydrogen) atoms. The quantitative estimate of drug-likeness (QED) is 0.779. The van der Waals surface area contributed by atoms with Crippen molar-refractivity contribution in [2.75, 3.05) is 0 Å². The first-order chi connectivity index (χ1) is 11.0. The zero-order valence-electron chi connectivity index (χ0n) is 13.4. The normalized spacial score (nSPS) is 10.9. The smallest absolute Gasteiger partial charge is 0.287 e. The highest BCUT2D eigenvalue weighted by Crippen LogP contribution is 2.12. The molecule has 7 heteroatoms. The summed E-state index contributed by atoms with van der Waals surface area (Å²) in [7, 11) is 1.84. The van der Waals surface area contributed by atoms with Crippen LogP contribution in [0.5, 0.6) is 0 Å². The molecule has 1 amide bonds. The molecule has 0 aliphatic heterocycles. The maximum Gasteiger partial charge on any atom is 0.287 e. The Morgan fingerprint density at radius 3 is 2.83 bits per heavy atom. The lowest BCUT2D eigenvalue weighted by atomic mass is 10.3. The molecule has 0 aliphatic rings. The van der Waals surface area contributed by atoms with Gasteiger partial charge in [0.2, 0.25) is 0 Å². The van der Waals surface area contributed by atoms with E-state index >= 15 is 0 Å². The standard InChI is InChI=1S/C16H19N5O2/c1-11-6-12(2)21(19-11)10-14-4-5-15(23-14)16(22)17-7-13-8-18-20(3)9-13/h4-6,8-9H,7,10H2,1-3H3,(H,17,22). The molecule has 0 saturated heterocycles. The lowest BCUT2D eigenvalue weighted by Gasteiger charge is -2.02. The number of nitrogens with one attached hydrogen (secondary N) is 1. The van der Waals surface area contributed by atoms with Crippen molar-refractivity contribution in [3.05, 3.63) is 59.1 Å². The van der Waals surface area contributed by atoms with Gasteiger partial charge in [-0.15, -0.1) is 0 Å². The van der Waals surface area contributed by atoms with Crippen LogP contribution in [0.2, 0.25) is 0 Å². The van der Waals surface area contributed by atoms with Crippen LogP contribution in [0.3, 0.4) is 0 Å². The van der Waals surface area contributed by atoms with Gasteiger partial charge in [0.15, 0.2) is 5.76 Å². The third kappa shape index (κ3) is 3.50. The molecule has 0 bridgehead atoms. The Kier molecular flexibility index (Phi) is 4.01. The van der Waals surface area contributed by atoms with Crippen molar-refractivity contribution in [3.63, 3.8) is 0 Å². The number of aryl methyl sites for hydroxylation is 3. The number of furan rings is 1. The summed E-state index contributed by atoms with van der Waals surface area (Å²) >= 11 is 0. The van der Waals surface area contributed by atoms with E-state index in [1.54, 1.807) is 23.0 Å². The Labute approximate surface area is 133 Å². The van der Waals surface area contributed by atoms with E-state index in [1.165, 1.54) is 0 Å². The van der Waals surface area contributed by atoms with Crippen molar-refractivity contribution in [1.82, 2.24) is 24.9 Å². The van der Waals surface area contributed by atoms with Crippen molar-refractivity contribution in [2.45, 2.75) is 26.9 Å².